The molecule has 2 rings (SSSR count). The largest absolute Gasteiger partial charge is 0.506 e. The Morgan fingerprint density at radius 1 is 0.957 bits per heavy atom. The van der Waals surface area contributed by atoms with Crippen molar-refractivity contribution in [1.82, 2.24) is 0 Å². The summed E-state index contributed by atoms with van der Waals surface area (Å²) in [4.78, 5) is 35.1. The zero-order valence-corrected chi connectivity index (χ0v) is 12.3. The number of anilines is 2. The molecule has 0 saturated carbocycles. The first-order valence-electron chi connectivity index (χ1n) is 6.69. The molecular formula is C16H15N3O4. The number of primary amides is 1. The van der Waals surface area contributed by atoms with E-state index in [4.69, 9.17) is 5.73 Å². The summed E-state index contributed by atoms with van der Waals surface area (Å²) < 4.78 is 0. The Hall–Kier alpha value is -3.35. The highest BCUT2D eigenvalue weighted by atomic mass is 16.3. The van der Waals surface area contributed by atoms with E-state index >= 15 is 0 Å². The van der Waals surface area contributed by atoms with Crippen molar-refractivity contribution in [3.8, 4) is 5.75 Å². The second kappa shape index (κ2) is 6.61. The number of aromatic hydroxyl groups is 1. The van der Waals surface area contributed by atoms with Crippen molar-refractivity contribution in [3.63, 3.8) is 0 Å². The van der Waals surface area contributed by atoms with Gasteiger partial charge in [-0.15, -0.1) is 0 Å². The van der Waals surface area contributed by atoms with Crippen LogP contribution in [0.2, 0.25) is 0 Å². The van der Waals surface area contributed by atoms with E-state index in [1.165, 1.54) is 24.3 Å². The van der Waals surface area contributed by atoms with Gasteiger partial charge in [0.1, 0.15) is 5.75 Å². The van der Waals surface area contributed by atoms with Crippen molar-refractivity contribution in [1.29, 1.82) is 0 Å². The van der Waals surface area contributed by atoms with Crippen molar-refractivity contribution in [3.05, 3.63) is 53.6 Å². The topological polar surface area (TPSA) is 122 Å². The minimum atomic E-state index is -0.986. The van der Waals surface area contributed by atoms with Crippen molar-refractivity contribution < 1.29 is 19.5 Å². The average molecular weight is 313 g/mol. The molecule has 23 heavy (non-hydrogen) atoms. The molecule has 2 aromatic carbocycles. The standard InChI is InChI=1S/C16H15N3O4/c1-9-6-7-13(20)12(8-9)19-16(23)15(22)18-11-5-3-2-4-10(11)14(17)21/h2-8,20H,1H3,(H2,17,21)(H,18,22)(H,19,23). The monoisotopic (exact) mass is 313 g/mol. The first kappa shape index (κ1) is 16.0. The lowest BCUT2D eigenvalue weighted by atomic mass is 10.1. The molecule has 0 heterocycles. The van der Waals surface area contributed by atoms with Crippen LogP contribution in [0.4, 0.5) is 11.4 Å². The van der Waals surface area contributed by atoms with Crippen LogP contribution < -0.4 is 16.4 Å². The first-order chi connectivity index (χ1) is 10.9. The van der Waals surface area contributed by atoms with Crippen molar-refractivity contribution in [2.45, 2.75) is 6.92 Å². The molecule has 0 radical (unpaired) electrons. The Kier molecular flexibility index (Phi) is 4.61. The predicted octanol–water partition coefficient (Wildman–Crippen LogP) is 1.38. The minimum Gasteiger partial charge on any atom is -0.506 e. The number of carbonyl (C=O) groups is 3. The van der Waals surface area contributed by atoms with Crippen LogP contribution in [0.25, 0.3) is 0 Å². The highest BCUT2D eigenvalue weighted by Crippen LogP contribution is 2.23. The van der Waals surface area contributed by atoms with Gasteiger partial charge in [-0.1, -0.05) is 18.2 Å². The fraction of sp³-hybridized carbons (Fsp3) is 0.0625. The van der Waals surface area contributed by atoms with E-state index in [0.29, 0.717) is 0 Å². The Morgan fingerprint density at radius 2 is 1.57 bits per heavy atom. The van der Waals surface area contributed by atoms with Crippen molar-refractivity contribution in [2.75, 3.05) is 10.6 Å². The van der Waals surface area contributed by atoms with Crippen molar-refractivity contribution in [2.24, 2.45) is 5.73 Å². The van der Waals surface area contributed by atoms with Gasteiger partial charge >= 0.3 is 11.8 Å². The van der Waals surface area contributed by atoms with E-state index in [0.717, 1.165) is 5.56 Å². The van der Waals surface area contributed by atoms with Gasteiger partial charge < -0.3 is 21.5 Å². The van der Waals surface area contributed by atoms with Gasteiger partial charge in [0.25, 0.3) is 5.91 Å². The fourth-order valence-corrected chi connectivity index (χ4v) is 1.92. The molecule has 0 unspecified atom stereocenters. The van der Waals surface area contributed by atoms with Gasteiger partial charge in [-0.05, 0) is 36.8 Å². The minimum absolute atomic E-state index is 0.0899. The molecule has 118 valence electrons. The van der Waals surface area contributed by atoms with Crippen LogP contribution in [0, 0.1) is 6.92 Å². The number of carbonyl (C=O) groups excluding carboxylic acids is 3. The number of nitrogens with one attached hydrogen (secondary N) is 2. The third-order valence-corrected chi connectivity index (χ3v) is 3.05. The van der Waals surface area contributed by atoms with Gasteiger partial charge in [-0.25, -0.2) is 0 Å². The normalized spacial score (nSPS) is 9.96. The van der Waals surface area contributed by atoms with Crippen LogP contribution in [-0.4, -0.2) is 22.8 Å². The van der Waals surface area contributed by atoms with E-state index in [9.17, 15) is 19.5 Å². The second-order valence-corrected chi connectivity index (χ2v) is 4.84. The van der Waals surface area contributed by atoms with E-state index in [2.05, 4.69) is 10.6 Å². The van der Waals surface area contributed by atoms with Crippen LogP contribution >= 0.6 is 0 Å². The van der Waals surface area contributed by atoms with E-state index in [-0.39, 0.29) is 22.7 Å². The number of nitrogens with two attached hydrogens (primary N) is 1. The average Bonchev–Trinajstić information content (AvgIpc) is 2.51. The molecule has 0 bridgehead atoms. The smallest absolute Gasteiger partial charge is 0.314 e. The molecule has 0 aliphatic carbocycles. The highest BCUT2D eigenvalue weighted by Gasteiger charge is 2.18. The maximum atomic E-state index is 11.9. The van der Waals surface area contributed by atoms with E-state index in [1.54, 1.807) is 25.1 Å². The van der Waals surface area contributed by atoms with Crippen LogP contribution in [-0.2, 0) is 9.59 Å². The third kappa shape index (κ3) is 3.85. The quantitative estimate of drug-likeness (QED) is 0.505. The van der Waals surface area contributed by atoms with Gasteiger partial charge in [-0.3, -0.25) is 14.4 Å². The summed E-state index contributed by atoms with van der Waals surface area (Å²) >= 11 is 0. The molecule has 0 aromatic heterocycles. The van der Waals surface area contributed by atoms with Gasteiger partial charge in [0.15, 0.2) is 0 Å². The SMILES string of the molecule is Cc1ccc(O)c(NC(=O)C(=O)Nc2ccccc2C(N)=O)c1. The van der Waals surface area contributed by atoms with Gasteiger partial charge in [-0.2, -0.15) is 0 Å². The molecule has 3 amide bonds. The van der Waals surface area contributed by atoms with Crippen LogP contribution in [0.1, 0.15) is 15.9 Å². The number of phenols is 1. The molecule has 7 nitrogen and oxygen atoms in total. The fourth-order valence-electron chi connectivity index (χ4n) is 1.92. The number of rotatable bonds is 3. The van der Waals surface area contributed by atoms with E-state index in [1.807, 2.05) is 0 Å². The summed E-state index contributed by atoms with van der Waals surface area (Å²) in [5.41, 5.74) is 6.35. The summed E-state index contributed by atoms with van der Waals surface area (Å²) in [5.74, 6) is -2.85. The number of aryl methyl sites for hydroxylation is 1. The predicted molar refractivity (Wildman–Crippen MR) is 85.1 cm³/mol. The Bertz CT molecular complexity index is 787. The molecule has 0 atom stereocenters. The number of phenolic OH excluding ortho intramolecular Hbond substituents is 1. The molecule has 0 aliphatic heterocycles. The molecular weight excluding hydrogens is 298 g/mol. The van der Waals surface area contributed by atoms with Crippen LogP contribution in [0.3, 0.4) is 0 Å². The Morgan fingerprint density at radius 3 is 2.22 bits per heavy atom. The molecule has 0 aliphatic rings. The number of hydrogen-bond acceptors (Lipinski definition) is 4. The maximum Gasteiger partial charge on any atom is 0.314 e. The lowest BCUT2D eigenvalue weighted by Crippen LogP contribution is -2.30. The highest BCUT2D eigenvalue weighted by molar-refractivity contribution is 6.44. The molecule has 7 heteroatoms. The number of hydrogen-bond donors (Lipinski definition) is 4. The maximum absolute atomic E-state index is 11.9. The number of benzene rings is 2. The van der Waals surface area contributed by atoms with Crippen LogP contribution in [0.5, 0.6) is 5.75 Å². The first-order valence-corrected chi connectivity index (χ1v) is 6.69. The summed E-state index contributed by atoms with van der Waals surface area (Å²) in [6.45, 7) is 1.78. The number of para-hydroxylation sites is 1. The van der Waals surface area contributed by atoms with Crippen LogP contribution in [0.15, 0.2) is 42.5 Å². The summed E-state index contributed by atoms with van der Waals surface area (Å²) in [6.07, 6.45) is 0. The molecule has 0 fully saturated rings. The zero-order chi connectivity index (χ0) is 17.0. The second-order valence-electron chi connectivity index (χ2n) is 4.84. The molecule has 2 aromatic rings. The molecule has 0 saturated heterocycles. The van der Waals surface area contributed by atoms with E-state index < -0.39 is 17.7 Å². The lowest BCUT2D eigenvalue weighted by Gasteiger charge is -2.10. The molecule has 5 N–H and O–H groups in total. The van der Waals surface area contributed by atoms with Gasteiger partial charge in [0.05, 0.1) is 16.9 Å². The Balaban J connectivity index is 2.14. The summed E-state index contributed by atoms with van der Waals surface area (Å²) in [6, 6.07) is 10.7. The summed E-state index contributed by atoms with van der Waals surface area (Å²) in [5, 5.41) is 14.3. The third-order valence-electron chi connectivity index (χ3n) is 3.05. The Labute approximate surface area is 132 Å². The summed E-state index contributed by atoms with van der Waals surface area (Å²) in [7, 11) is 0. The molecule has 0 spiro atoms. The zero-order valence-electron chi connectivity index (χ0n) is 12.3. The number of amides is 3. The van der Waals surface area contributed by atoms with Gasteiger partial charge in [0.2, 0.25) is 0 Å². The lowest BCUT2D eigenvalue weighted by molar-refractivity contribution is -0.133. The van der Waals surface area contributed by atoms with Crippen molar-refractivity contribution >= 4 is 29.1 Å². The van der Waals surface area contributed by atoms with Gasteiger partial charge in [0, 0.05) is 0 Å².